The van der Waals surface area contributed by atoms with Crippen LogP contribution in [0.1, 0.15) is 6.92 Å². The Kier molecular flexibility index (Phi) is 6.98. The molecule has 0 saturated heterocycles. The molecule has 15 heteroatoms. The van der Waals surface area contributed by atoms with Crippen molar-refractivity contribution in [3.63, 3.8) is 0 Å². The number of amides is 1. The van der Waals surface area contributed by atoms with Crippen LogP contribution in [0.5, 0.6) is 0 Å². The third-order valence-corrected chi connectivity index (χ3v) is 8.24. The minimum Gasteiger partial charge on any atom is -0.379 e. The lowest BCUT2D eigenvalue weighted by atomic mass is 10.1. The monoisotopic (exact) mass is 572 g/mol. The highest BCUT2D eigenvalue weighted by molar-refractivity contribution is 7.86. The Morgan fingerprint density at radius 1 is 0.889 bits per heavy atom. The van der Waals surface area contributed by atoms with Gasteiger partial charge in [0.15, 0.2) is 0 Å². The molecule has 36 heavy (non-hydrogen) atoms. The standard InChI is InChI=1S/C21H18Cl2N4O7S2/c1-10(28)24-16-8-11(25-21-19(22)20(21)23)5-6-15(16)27-26-12-7-14-13(18(9-12)36(32,33)34)3-2-4-17(14)35(29,30)31/h2-9,19-21,25H,1H3,(H,24,28)(H,29,30,31)(H,32,33,34). The molecule has 1 fully saturated rings. The number of nitrogens with one attached hydrogen (secondary N) is 2. The molecule has 0 aromatic heterocycles. The number of carbonyl (C=O) groups excluding carboxylic acids is 1. The Bertz CT molecular complexity index is 1620. The summed E-state index contributed by atoms with van der Waals surface area (Å²) in [5.74, 6) is -0.391. The number of anilines is 2. The van der Waals surface area contributed by atoms with Gasteiger partial charge in [-0.25, -0.2) is 0 Å². The molecule has 0 radical (unpaired) electrons. The lowest BCUT2D eigenvalue weighted by Gasteiger charge is -2.11. The molecular weight excluding hydrogens is 555 g/mol. The average molecular weight is 573 g/mol. The Morgan fingerprint density at radius 3 is 2.14 bits per heavy atom. The second-order valence-electron chi connectivity index (χ2n) is 7.92. The molecule has 4 N–H and O–H groups in total. The van der Waals surface area contributed by atoms with E-state index in [1.807, 2.05) is 0 Å². The fourth-order valence-electron chi connectivity index (χ4n) is 3.51. The molecule has 1 aliphatic carbocycles. The van der Waals surface area contributed by atoms with Crippen LogP contribution in [-0.2, 0) is 25.0 Å². The third-order valence-electron chi connectivity index (χ3n) is 5.22. The maximum atomic E-state index is 12.0. The molecule has 2 atom stereocenters. The second-order valence-corrected chi connectivity index (χ2v) is 11.7. The van der Waals surface area contributed by atoms with Gasteiger partial charge in [0.25, 0.3) is 20.2 Å². The van der Waals surface area contributed by atoms with Gasteiger partial charge in [0, 0.05) is 23.4 Å². The predicted octanol–water partition coefficient (Wildman–Crippen LogP) is 4.72. The van der Waals surface area contributed by atoms with Crippen molar-refractivity contribution in [3.05, 3.63) is 48.5 Å². The van der Waals surface area contributed by atoms with Crippen molar-refractivity contribution >= 4 is 82.9 Å². The first-order valence-electron chi connectivity index (χ1n) is 10.2. The number of halogens is 2. The van der Waals surface area contributed by atoms with Crippen molar-refractivity contribution in [2.24, 2.45) is 10.2 Å². The van der Waals surface area contributed by atoms with Gasteiger partial charge in [0.1, 0.15) is 15.5 Å². The predicted molar refractivity (Wildman–Crippen MR) is 135 cm³/mol. The molecule has 0 spiro atoms. The van der Waals surface area contributed by atoms with E-state index in [1.54, 1.807) is 12.1 Å². The SMILES string of the molecule is CC(=O)Nc1cc(NC2C(Cl)C2Cl)ccc1N=Nc1cc(S(=O)(=O)O)c2cccc(S(=O)(=O)O)c2c1. The van der Waals surface area contributed by atoms with Crippen LogP contribution in [0, 0.1) is 0 Å². The Balaban J connectivity index is 1.79. The minimum atomic E-state index is -4.81. The Hall–Kier alpha value is -2.81. The summed E-state index contributed by atoms with van der Waals surface area (Å²) >= 11 is 12.1. The fraction of sp³-hybridized carbons (Fsp3) is 0.190. The van der Waals surface area contributed by atoms with Gasteiger partial charge < -0.3 is 10.6 Å². The van der Waals surface area contributed by atoms with Crippen LogP contribution >= 0.6 is 23.2 Å². The number of alkyl halides is 2. The van der Waals surface area contributed by atoms with Gasteiger partial charge >= 0.3 is 0 Å². The molecular formula is C21H18Cl2N4O7S2. The third kappa shape index (κ3) is 5.61. The lowest BCUT2D eigenvalue weighted by Crippen LogP contribution is -2.09. The summed E-state index contributed by atoms with van der Waals surface area (Å²) in [7, 11) is -9.54. The van der Waals surface area contributed by atoms with Crippen LogP contribution in [0.4, 0.5) is 22.7 Å². The summed E-state index contributed by atoms with van der Waals surface area (Å²) in [6.07, 6.45) is 0. The maximum absolute atomic E-state index is 12.0. The maximum Gasteiger partial charge on any atom is 0.295 e. The summed E-state index contributed by atoms with van der Waals surface area (Å²) in [4.78, 5) is 10.5. The van der Waals surface area contributed by atoms with Crippen LogP contribution in [0.15, 0.2) is 68.6 Å². The number of rotatable bonds is 7. The van der Waals surface area contributed by atoms with Crippen molar-refractivity contribution in [1.29, 1.82) is 0 Å². The number of hydrogen-bond acceptors (Lipinski definition) is 8. The number of benzene rings is 3. The largest absolute Gasteiger partial charge is 0.379 e. The summed E-state index contributed by atoms with van der Waals surface area (Å²) in [6.45, 7) is 1.30. The number of carbonyl (C=O) groups is 1. The molecule has 4 rings (SSSR count). The van der Waals surface area contributed by atoms with E-state index in [9.17, 15) is 30.7 Å². The second kappa shape index (κ2) is 9.57. The quantitative estimate of drug-likeness (QED) is 0.178. The van der Waals surface area contributed by atoms with E-state index in [2.05, 4.69) is 20.9 Å². The highest BCUT2D eigenvalue weighted by atomic mass is 35.5. The fourth-order valence-corrected chi connectivity index (χ4v) is 5.59. The first-order valence-corrected chi connectivity index (χ1v) is 13.9. The molecule has 11 nitrogen and oxygen atoms in total. The molecule has 0 aliphatic heterocycles. The number of azo groups is 1. The number of fused-ring (bicyclic) bond motifs is 1. The molecule has 1 saturated carbocycles. The van der Waals surface area contributed by atoms with E-state index in [1.165, 1.54) is 31.2 Å². The molecule has 0 bridgehead atoms. The van der Waals surface area contributed by atoms with Crippen molar-refractivity contribution < 1.29 is 30.7 Å². The summed E-state index contributed by atoms with van der Waals surface area (Å²) in [5, 5.41) is 13.0. The topological polar surface area (TPSA) is 175 Å². The van der Waals surface area contributed by atoms with Crippen LogP contribution in [0.3, 0.4) is 0 Å². The van der Waals surface area contributed by atoms with Gasteiger partial charge in [0.2, 0.25) is 5.91 Å². The summed E-state index contributed by atoms with van der Waals surface area (Å²) in [6, 6.07) is 10.4. The van der Waals surface area contributed by atoms with Crippen LogP contribution in [0.25, 0.3) is 10.8 Å². The van der Waals surface area contributed by atoms with Crippen molar-refractivity contribution in [2.75, 3.05) is 10.6 Å². The van der Waals surface area contributed by atoms with E-state index in [0.717, 1.165) is 12.1 Å². The Morgan fingerprint density at radius 2 is 1.56 bits per heavy atom. The van der Waals surface area contributed by atoms with Crippen molar-refractivity contribution in [2.45, 2.75) is 33.5 Å². The zero-order valence-corrected chi connectivity index (χ0v) is 21.4. The summed E-state index contributed by atoms with van der Waals surface area (Å²) in [5.41, 5.74) is 0.917. The molecule has 3 aromatic carbocycles. The van der Waals surface area contributed by atoms with E-state index in [4.69, 9.17) is 23.2 Å². The van der Waals surface area contributed by atoms with Gasteiger partial charge in [-0.05, 0) is 36.4 Å². The highest BCUT2D eigenvalue weighted by Crippen LogP contribution is 2.39. The van der Waals surface area contributed by atoms with Crippen LogP contribution < -0.4 is 10.6 Å². The van der Waals surface area contributed by atoms with Gasteiger partial charge in [-0.15, -0.1) is 28.3 Å². The van der Waals surface area contributed by atoms with Gasteiger partial charge in [0.05, 0.1) is 28.2 Å². The van der Waals surface area contributed by atoms with Crippen molar-refractivity contribution in [1.82, 2.24) is 0 Å². The van der Waals surface area contributed by atoms with Crippen LogP contribution in [0.2, 0.25) is 0 Å². The zero-order valence-electron chi connectivity index (χ0n) is 18.3. The van der Waals surface area contributed by atoms with E-state index >= 15 is 0 Å². The first kappa shape index (κ1) is 26.3. The van der Waals surface area contributed by atoms with Gasteiger partial charge in [-0.2, -0.15) is 21.9 Å². The summed E-state index contributed by atoms with van der Waals surface area (Å²) < 4.78 is 66.9. The molecule has 2 unspecified atom stereocenters. The smallest absolute Gasteiger partial charge is 0.295 e. The van der Waals surface area contributed by atoms with Crippen molar-refractivity contribution in [3.8, 4) is 0 Å². The molecule has 1 amide bonds. The minimum absolute atomic E-state index is 0.142. The van der Waals surface area contributed by atoms with E-state index in [-0.39, 0.29) is 44.6 Å². The number of hydrogen-bond donors (Lipinski definition) is 4. The normalized spacial score (nSPS) is 20.0. The van der Waals surface area contributed by atoms with E-state index < -0.39 is 35.9 Å². The van der Waals surface area contributed by atoms with Crippen LogP contribution in [-0.4, -0.2) is 48.6 Å². The molecule has 0 heterocycles. The van der Waals surface area contributed by atoms with Gasteiger partial charge in [-0.3, -0.25) is 13.9 Å². The zero-order chi connectivity index (χ0) is 26.4. The van der Waals surface area contributed by atoms with Gasteiger partial charge in [-0.1, -0.05) is 12.1 Å². The number of nitrogens with zero attached hydrogens (tertiary/aromatic N) is 2. The average Bonchev–Trinajstić information content (AvgIpc) is 3.34. The lowest BCUT2D eigenvalue weighted by molar-refractivity contribution is -0.114. The molecule has 3 aromatic rings. The Labute approximate surface area is 216 Å². The molecule has 190 valence electrons. The first-order chi connectivity index (χ1) is 16.8. The highest BCUT2D eigenvalue weighted by Gasteiger charge is 2.48. The van der Waals surface area contributed by atoms with E-state index in [0.29, 0.717) is 5.69 Å². The molecule has 1 aliphatic rings.